The molecule has 2 heterocycles. The highest BCUT2D eigenvalue weighted by molar-refractivity contribution is 8.27. The summed E-state index contributed by atoms with van der Waals surface area (Å²) in [6.45, 7) is 3.70. The first-order chi connectivity index (χ1) is 12.5. The summed E-state index contributed by atoms with van der Waals surface area (Å²) >= 11 is 12.4. The maximum atomic E-state index is 13.1. The van der Waals surface area contributed by atoms with Crippen LogP contribution in [0.5, 0.6) is 0 Å². The van der Waals surface area contributed by atoms with Crippen LogP contribution in [-0.4, -0.2) is 16.1 Å². The molecule has 0 N–H and O–H groups in total. The van der Waals surface area contributed by atoms with E-state index in [-0.39, 0.29) is 11.8 Å². The lowest BCUT2D eigenvalue weighted by atomic mass is 10.1. The molecule has 0 saturated carbocycles. The van der Waals surface area contributed by atoms with Gasteiger partial charge < -0.3 is 0 Å². The average Bonchev–Trinajstić information content (AvgIpc) is 3.08. The number of para-hydroxylation sites is 1. The van der Waals surface area contributed by atoms with Gasteiger partial charge in [0.25, 0.3) is 11.8 Å². The molecular formula is C19H11ClN2O2S2. The van der Waals surface area contributed by atoms with Crippen LogP contribution in [0.4, 0.5) is 11.4 Å². The number of anilines is 2. The molecule has 2 aliphatic rings. The molecule has 26 heavy (non-hydrogen) atoms. The Morgan fingerprint density at radius 3 is 2.42 bits per heavy atom. The molecule has 0 aliphatic carbocycles. The first-order valence-electron chi connectivity index (χ1n) is 7.64. The van der Waals surface area contributed by atoms with Gasteiger partial charge in [-0.15, -0.1) is 0 Å². The molecule has 1 saturated heterocycles. The summed E-state index contributed by atoms with van der Waals surface area (Å²) in [5.74, 6) is -0.593. The van der Waals surface area contributed by atoms with E-state index in [1.807, 2.05) is 24.3 Å². The predicted octanol–water partition coefficient (Wildman–Crippen LogP) is 4.61. The van der Waals surface area contributed by atoms with E-state index in [4.69, 9.17) is 23.8 Å². The Kier molecular flexibility index (Phi) is 4.19. The van der Waals surface area contributed by atoms with Crippen molar-refractivity contribution in [2.24, 2.45) is 0 Å². The zero-order valence-corrected chi connectivity index (χ0v) is 15.7. The molecule has 4 rings (SSSR count). The highest BCUT2D eigenvalue weighted by Crippen LogP contribution is 2.45. The SMILES string of the molecule is C=CN1C(=O)C(=C2SC(=S)N(c3ccc(Cl)cc3)C2=O)c2ccccc21. The van der Waals surface area contributed by atoms with E-state index in [2.05, 4.69) is 6.58 Å². The lowest BCUT2D eigenvalue weighted by Gasteiger charge is -2.14. The lowest BCUT2D eigenvalue weighted by Crippen LogP contribution is -2.28. The van der Waals surface area contributed by atoms with Gasteiger partial charge in [-0.3, -0.25) is 19.4 Å². The van der Waals surface area contributed by atoms with E-state index >= 15 is 0 Å². The second-order valence-corrected chi connectivity index (χ2v) is 7.64. The first-order valence-corrected chi connectivity index (χ1v) is 9.25. The third-order valence-corrected chi connectivity index (χ3v) is 5.75. The third-order valence-electron chi connectivity index (χ3n) is 4.13. The molecule has 2 aromatic rings. The lowest BCUT2D eigenvalue weighted by molar-refractivity contribution is -0.114. The van der Waals surface area contributed by atoms with Gasteiger partial charge in [0.05, 0.1) is 21.9 Å². The standard InChI is InChI=1S/C19H11ClN2O2S2/c1-2-21-14-6-4-3-5-13(14)15(17(21)23)16-18(24)22(19(25)26-16)12-9-7-11(20)8-10-12/h2-10H,1H2. The van der Waals surface area contributed by atoms with Gasteiger partial charge in [0.1, 0.15) is 0 Å². The number of carbonyl (C=O) groups is 2. The molecule has 1 fully saturated rings. The summed E-state index contributed by atoms with van der Waals surface area (Å²) in [5.41, 5.74) is 2.38. The maximum Gasteiger partial charge on any atom is 0.271 e. The number of rotatable bonds is 2. The fourth-order valence-corrected chi connectivity index (χ4v) is 4.47. The van der Waals surface area contributed by atoms with Gasteiger partial charge in [0, 0.05) is 16.8 Å². The fraction of sp³-hybridized carbons (Fsp3) is 0. The van der Waals surface area contributed by atoms with Crippen molar-refractivity contribution < 1.29 is 9.59 Å². The quantitative estimate of drug-likeness (QED) is 0.547. The van der Waals surface area contributed by atoms with Crippen molar-refractivity contribution >= 4 is 68.7 Å². The predicted molar refractivity (Wildman–Crippen MR) is 110 cm³/mol. The number of hydrogen-bond donors (Lipinski definition) is 0. The van der Waals surface area contributed by atoms with E-state index in [0.717, 1.165) is 11.8 Å². The van der Waals surface area contributed by atoms with Crippen molar-refractivity contribution in [3.05, 3.63) is 76.8 Å². The number of halogens is 1. The van der Waals surface area contributed by atoms with Crippen molar-refractivity contribution in [3.8, 4) is 0 Å². The number of benzene rings is 2. The number of fused-ring (bicyclic) bond motifs is 1. The highest BCUT2D eigenvalue weighted by atomic mass is 35.5. The first kappa shape index (κ1) is 17.0. The van der Waals surface area contributed by atoms with Gasteiger partial charge in [0.2, 0.25) is 0 Å². The van der Waals surface area contributed by atoms with Crippen LogP contribution in [0.15, 0.2) is 66.2 Å². The van der Waals surface area contributed by atoms with Crippen LogP contribution in [0.25, 0.3) is 5.57 Å². The van der Waals surface area contributed by atoms with Crippen molar-refractivity contribution in [3.63, 3.8) is 0 Å². The van der Waals surface area contributed by atoms with E-state index in [1.165, 1.54) is 16.0 Å². The number of carbonyl (C=O) groups excluding carboxylic acids is 2. The second kappa shape index (κ2) is 6.39. The van der Waals surface area contributed by atoms with E-state index in [9.17, 15) is 9.59 Å². The number of amides is 2. The summed E-state index contributed by atoms with van der Waals surface area (Å²) in [6.07, 6.45) is 1.45. The summed E-state index contributed by atoms with van der Waals surface area (Å²) in [6, 6.07) is 14.1. The minimum Gasteiger partial charge on any atom is -0.284 e. The third kappa shape index (κ3) is 2.49. The van der Waals surface area contributed by atoms with Crippen LogP contribution in [0.2, 0.25) is 5.02 Å². The molecule has 4 nitrogen and oxygen atoms in total. The highest BCUT2D eigenvalue weighted by Gasteiger charge is 2.41. The van der Waals surface area contributed by atoms with Crippen molar-refractivity contribution in [1.82, 2.24) is 0 Å². The van der Waals surface area contributed by atoms with Gasteiger partial charge in [-0.2, -0.15) is 0 Å². The Morgan fingerprint density at radius 1 is 1.04 bits per heavy atom. The number of thiocarbonyl (C=S) groups is 1. The molecule has 128 valence electrons. The summed E-state index contributed by atoms with van der Waals surface area (Å²) in [7, 11) is 0. The van der Waals surface area contributed by atoms with E-state index < -0.39 is 0 Å². The normalized spacial score (nSPS) is 19.3. The van der Waals surface area contributed by atoms with Gasteiger partial charge in [-0.05, 0) is 30.3 Å². The molecule has 0 unspecified atom stereocenters. The zero-order chi connectivity index (χ0) is 18.4. The summed E-state index contributed by atoms with van der Waals surface area (Å²) in [4.78, 5) is 29.1. The Balaban J connectivity index is 1.85. The molecule has 0 aromatic heterocycles. The molecular weight excluding hydrogens is 388 g/mol. The van der Waals surface area contributed by atoms with Gasteiger partial charge >= 0.3 is 0 Å². The van der Waals surface area contributed by atoms with Crippen molar-refractivity contribution in [2.75, 3.05) is 9.80 Å². The molecule has 0 bridgehead atoms. The maximum absolute atomic E-state index is 13.1. The van der Waals surface area contributed by atoms with Gasteiger partial charge in [-0.1, -0.05) is 60.4 Å². The van der Waals surface area contributed by atoms with E-state index in [1.54, 1.807) is 24.3 Å². The molecule has 7 heteroatoms. The number of thioether (sulfide) groups is 1. The Labute approximate surface area is 164 Å². The molecule has 0 spiro atoms. The zero-order valence-electron chi connectivity index (χ0n) is 13.3. The van der Waals surface area contributed by atoms with Crippen LogP contribution in [-0.2, 0) is 9.59 Å². The number of hydrogen-bond acceptors (Lipinski definition) is 4. The summed E-state index contributed by atoms with van der Waals surface area (Å²) < 4.78 is 0.377. The van der Waals surface area contributed by atoms with E-state index in [0.29, 0.717) is 36.8 Å². The largest absolute Gasteiger partial charge is 0.284 e. The van der Waals surface area contributed by atoms with Gasteiger partial charge in [-0.25, -0.2) is 0 Å². The van der Waals surface area contributed by atoms with Crippen LogP contribution >= 0.6 is 35.6 Å². The Bertz CT molecular complexity index is 1010. The smallest absolute Gasteiger partial charge is 0.271 e. The van der Waals surface area contributed by atoms with Crippen LogP contribution in [0, 0.1) is 0 Å². The molecule has 2 aliphatic heterocycles. The van der Waals surface area contributed by atoms with Crippen molar-refractivity contribution in [1.29, 1.82) is 0 Å². The molecule has 0 radical (unpaired) electrons. The Hall–Kier alpha value is -2.41. The minimum absolute atomic E-state index is 0.280. The molecule has 2 amide bonds. The average molecular weight is 399 g/mol. The van der Waals surface area contributed by atoms with Crippen LogP contribution < -0.4 is 9.80 Å². The monoisotopic (exact) mass is 398 g/mol. The minimum atomic E-state index is -0.314. The summed E-state index contributed by atoms with van der Waals surface area (Å²) in [5, 5.41) is 0.569. The van der Waals surface area contributed by atoms with Crippen LogP contribution in [0.3, 0.4) is 0 Å². The van der Waals surface area contributed by atoms with Crippen LogP contribution in [0.1, 0.15) is 5.56 Å². The molecule has 2 aromatic carbocycles. The Morgan fingerprint density at radius 2 is 1.73 bits per heavy atom. The van der Waals surface area contributed by atoms with Gasteiger partial charge in [0.15, 0.2) is 4.32 Å². The van der Waals surface area contributed by atoms with Crippen molar-refractivity contribution in [2.45, 2.75) is 0 Å². The second-order valence-electron chi connectivity index (χ2n) is 5.56. The number of nitrogens with zero attached hydrogens (tertiary/aromatic N) is 2. The fourth-order valence-electron chi connectivity index (χ4n) is 2.97. The molecule has 0 atom stereocenters. The topological polar surface area (TPSA) is 40.6 Å².